The number of rotatable bonds is 11. The zero-order chi connectivity index (χ0) is 34.4. The molecule has 2 fully saturated rings. The first-order chi connectivity index (χ1) is 22.0. The molecule has 3 aromatic rings. The predicted molar refractivity (Wildman–Crippen MR) is 151 cm³/mol. The van der Waals surface area contributed by atoms with Crippen LogP contribution in [-0.2, 0) is 32.2 Å². The van der Waals surface area contributed by atoms with Crippen molar-refractivity contribution in [2.45, 2.75) is 49.1 Å². The lowest BCUT2D eigenvalue weighted by molar-refractivity contribution is -0.765. The minimum Gasteiger partial charge on any atom is -0.387 e. The minimum absolute atomic E-state index is 0.0426. The lowest BCUT2D eigenvalue weighted by atomic mass is 10.1. The summed E-state index contributed by atoms with van der Waals surface area (Å²) in [4.78, 5) is 64.9. The number of nitrogens with two attached hydrogens (primary N) is 1. The molecule has 0 aromatic carbocycles. The summed E-state index contributed by atoms with van der Waals surface area (Å²) in [7, 11) is -10.2. The quantitative estimate of drug-likeness (QED) is 0.0543. The molecule has 0 radical (unpaired) electrons. The van der Waals surface area contributed by atoms with Gasteiger partial charge in [0.25, 0.3) is 6.23 Å². The normalized spacial score (nSPS) is 29.2. The molecule has 0 saturated carbocycles. The molecule has 9 atom stereocenters. The van der Waals surface area contributed by atoms with Gasteiger partial charge in [0.2, 0.25) is 5.12 Å². The highest BCUT2D eigenvalue weighted by atomic mass is 32.1. The largest absolute Gasteiger partial charge is 0.529 e. The van der Waals surface area contributed by atoms with Crippen molar-refractivity contribution in [1.82, 2.24) is 19.5 Å². The molecule has 3 aromatic heterocycles. The number of fused-ring (bicyclic) bond motifs is 1. The van der Waals surface area contributed by atoms with Gasteiger partial charge in [0.05, 0.1) is 25.1 Å². The fourth-order valence-electron chi connectivity index (χ4n) is 4.76. The number of thiol groups is 1. The third-order valence-corrected chi connectivity index (χ3v) is 8.62. The molecule has 2 aliphatic rings. The maximum atomic E-state index is 12.9. The molecule has 25 heteroatoms. The molecule has 0 amide bonds. The van der Waals surface area contributed by atoms with Gasteiger partial charge in [0.1, 0.15) is 47.9 Å². The number of pyridine rings is 1. The van der Waals surface area contributed by atoms with Crippen molar-refractivity contribution >= 4 is 56.3 Å². The molecule has 0 bridgehead atoms. The molecule has 256 valence electrons. The average molecular weight is 725 g/mol. The van der Waals surface area contributed by atoms with Gasteiger partial charge in [-0.25, -0.2) is 28.9 Å². The summed E-state index contributed by atoms with van der Waals surface area (Å²) in [5, 5.41) is 40.9. The van der Waals surface area contributed by atoms with Crippen molar-refractivity contribution in [3.8, 4) is 0 Å². The highest BCUT2D eigenvalue weighted by molar-refractivity contribution is 7.97. The Bertz CT molecular complexity index is 1780. The fraction of sp³-hybridized carbons (Fsp3) is 0.455. The minimum atomic E-state index is -5.28. The van der Waals surface area contributed by atoms with Crippen LogP contribution in [0, 0.1) is 0 Å². The number of aliphatic hydroxyl groups excluding tert-OH is 4. The summed E-state index contributed by atoms with van der Waals surface area (Å²) < 4.78 is 50.7. The van der Waals surface area contributed by atoms with Crippen LogP contribution in [0.15, 0.2) is 31.1 Å². The molecule has 2 saturated heterocycles. The van der Waals surface area contributed by atoms with Crippen LogP contribution in [0.5, 0.6) is 0 Å². The molecule has 2 aliphatic heterocycles. The molecule has 1 unspecified atom stereocenters. The van der Waals surface area contributed by atoms with Gasteiger partial charge in [0.15, 0.2) is 36.2 Å². The van der Waals surface area contributed by atoms with E-state index in [1.807, 2.05) is 0 Å². The van der Waals surface area contributed by atoms with E-state index in [1.165, 1.54) is 10.9 Å². The van der Waals surface area contributed by atoms with E-state index in [4.69, 9.17) is 29.5 Å². The number of carbonyl (C=O) groups is 2. The van der Waals surface area contributed by atoms with Crippen molar-refractivity contribution in [3.05, 3.63) is 42.2 Å². The van der Waals surface area contributed by atoms with Crippen LogP contribution >= 0.6 is 28.3 Å². The van der Waals surface area contributed by atoms with Crippen molar-refractivity contribution in [2.75, 3.05) is 18.9 Å². The number of phosphoric acid groups is 2. The zero-order valence-corrected chi connectivity index (χ0v) is 26.1. The highest BCUT2D eigenvalue weighted by Crippen LogP contribution is 2.45. The number of imidazole rings is 1. The van der Waals surface area contributed by atoms with E-state index in [1.54, 1.807) is 0 Å². The van der Waals surface area contributed by atoms with Crippen molar-refractivity contribution in [1.29, 1.82) is 0 Å². The Labute approximate surface area is 267 Å². The van der Waals surface area contributed by atoms with Crippen LogP contribution in [0.4, 0.5) is 5.82 Å². The zero-order valence-electron chi connectivity index (χ0n) is 23.4. The van der Waals surface area contributed by atoms with E-state index in [2.05, 4.69) is 36.6 Å². The van der Waals surface area contributed by atoms with E-state index in [-0.39, 0.29) is 22.5 Å². The first-order valence-electron chi connectivity index (χ1n) is 13.1. The van der Waals surface area contributed by atoms with Crippen molar-refractivity contribution in [2.24, 2.45) is 0 Å². The second-order valence-corrected chi connectivity index (χ2v) is 13.2. The Morgan fingerprint density at radius 2 is 1.57 bits per heavy atom. The Morgan fingerprint density at radius 3 is 2.26 bits per heavy atom. The van der Waals surface area contributed by atoms with Crippen LogP contribution in [0.3, 0.4) is 0 Å². The topological polar surface area (TPSA) is 330 Å². The van der Waals surface area contributed by atoms with Crippen LogP contribution < -0.4 is 10.3 Å². The maximum absolute atomic E-state index is 12.9. The van der Waals surface area contributed by atoms with E-state index < -0.39 is 94.6 Å². The molecule has 47 heavy (non-hydrogen) atoms. The number of aromatic nitrogens is 5. The second-order valence-electron chi connectivity index (χ2n) is 10.2. The summed E-state index contributed by atoms with van der Waals surface area (Å²) in [6, 6.07) is 0.914. The lowest BCUT2D eigenvalue weighted by Crippen LogP contribution is -2.47. The average Bonchev–Trinajstić information content (AvgIpc) is 3.64. The fourth-order valence-corrected chi connectivity index (χ4v) is 5.93. The summed E-state index contributed by atoms with van der Waals surface area (Å²) in [5.74, 6) is -1.48. The van der Waals surface area contributed by atoms with Crippen LogP contribution in [0.1, 0.15) is 33.2 Å². The number of hydrogen-bond acceptors (Lipinski definition) is 17. The first kappa shape index (κ1) is 35.3. The monoisotopic (exact) mass is 725 g/mol. The van der Waals surface area contributed by atoms with Crippen molar-refractivity contribution < 1.29 is 81.4 Å². The smallest absolute Gasteiger partial charge is 0.387 e. The molecule has 5 rings (SSSR count). The molecule has 9 N–H and O–H groups in total. The van der Waals surface area contributed by atoms with Crippen LogP contribution in [-0.4, -0.2) is 116 Å². The summed E-state index contributed by atoms with van der Waals surface area (Å²) >= 11 is 3.69. The number of nitrogens with zero attached hydrogens (tertiary/aromatic N) is 5. The first-order valence-corrected chi connectivity index (χ1v) is 16.6. The molecule has 0 aliphatic carbocycles. The van der Waals surface area contributed by atoms with Gasteiger partial charge >= 0.3 is 21.6 Å². The summed E-state index contributed by atoms with van der Waals surface area (Å²) in [6.07, 6.45) is -8.17. The Balaban J connectivity index is 1.27. The molecule has 0 spiro atoms. The van der Waals surface area contributed by atoms with E-state index >= 15 is 0 Å². The van der Waals surface area contributed by atoms with Gasteiger partial charge in [-0.15, -0.1) is 12.6 Å². The SMILES string of the molecule is Nc1ncnc2c1ncn2[C@@H]1O[C@H](COP(=O)(O)OC(=O)c2cc(C(=O)S)c[n+]([C@@H]3O[C@H](COP(=O)(O)O)[C@@H](O)[C@H]3O)c2)[C@@H](O)[C@H]1O. The van der Waals surface area contributed by atoms with Gasteiger partial charge < -0.3 is 49.9 Å². The summed E-state index contributed by atoms with van der Waals surface area (Å²) in [6.45, 7) is -1.71. The number of ether oxygens (including phenoxy) is 2. The van der Waals surface area contributed by atoms with E-state index in [0.717, 1.165) is 29.4 Å². The number of nitrogen functional groups attached to an aromatic ring is 1. The molecule has 5 heterocycles. The van der Waals surface area contributed by atoms with Crippen LogP contribution in [0.25, 0.3) is 11.2 Å². The predicted octanol–water partition coefficient (Wildman–Crippen LogP) is -2.91. The number of carbonyl (C=O) groups excluding carboxylic acids is 2. The molecular formula is C22H27N6O16P2S+. The number of aliphatic hydroxyl groups is 4. The van der Waals surface area contributed by atoms with Gasteiger partial charge in [0, 0.05) is 0 Å². The number of anilines is 1. The van der Waals surface area contributed by atoms with Gasteiger partial charge in [-0.05, 0) is 6.07 Å². The highest BCUT2D eigenvalue weighted by Gasteiger charge is 2.50. The third kappa shape index (κ3) is 7.69. The maximum Gasteiger partial charge on any atom is 0.529 e. The molecule has 22 nitrogen and oxygen atoms in total. The summed E-state index contributed by atoms with van der Waals surface area (Å²) in [5.41, 5.74) is 5.24. The van der Waals surface area contributed by atoms with E-state index in [0.29, 0.717) is 0 Å². The van der Waals surface area contributed by atoms with E-state index in [9.17, 15) is 44.0 Å². The standard InChI is InChI=1S/C22H26N6O16P2S/c23-17-12-18(25-6-24-17)28(7-26-12)20-16(32)14(30)11(43-20)5-41-46(38,39)44-21(33)8-1-9(22(34)47)3-27(2-8)19-15(31)13(29)10(42-19)4-40-45(35,36)37/h1-3,6-7,10-11,13-16,19-20,29-32H,4-5H2,(H5-,23,24,25,34,35,36,37,38,39,47)/p+1/t10-,11-,13-,14-,15-,16-,19-,20-/m1/s1. The van der Waals surface area contributed by atoms with Crippen molar-refractivity contribution in [3.63, 3.8) is 0 Å². The second kappa shape index (κ2) is 13.5. The van der Waals surface area contributed by atoms with Crippen LogP contribution in [0.2, 0.25) is 0 Å². The Kier molecular flexibility index (Phi) is 10.1. The Hall–Kier alpha value is -2.99. The third-order valence-electron chi connectivity index (χ3n) is 7.01. The van der Waals surface area contributed by atoms with Gasteiger partial charge in [-0.1, -0.05) is 0 Å². The van der Waals surface area contributed by atoms with Gasteiger partial charge in [-0.3, -0.25) is 23.3 Å². The Morgan fingerprint density at radius 1 is 0.936 bits per heavy atom. The van der Waals surface area contributed by atoms with Gasteiger partial charge in [-0.2, -0.15) is 4.57 Å². The number of hydrogen-bond donors (Lipinski definition) is 9. The number of phosphoric ester groups is 2. The molecular weight excluding hydrogens is 698 g/mol. The lowest BCUT2D eigenvalue weighted by Gasteiger charge is -2.17.